The average Bonchev–Trinajstić information content (AvgIpc) is 3.27. The lowest BCUT2D eigenvalue weighted by Gasteiger charge is -2.45. The van der Waals surface area contributed by atoms with E-state index in [1.54, 1.807) is 11.8 Å². The minimum absolute atomic E-state index is 0.253. The summed E-state index contributed by atoms with van der Waals surface area (Å²) in [5.74, 6) is 0.763. The van der Waals surface area contributed by atoms with Crippen LogP contribution in [0.5, 0.6) is 5.75 Å². The Bertz CT molecular complexity index is 2130. The van der Waals surface area contributed by atoms with Gasteiger partial charge in [-0.3, -0.25) is 0 Å². The molecule has 1 aliphatic rings. The molecule has 292 valence electrons. The molecule has 7 rings (SSSR count). The van der Waals surface area contributed by atoms with Crippen LogP contribution in [-0.2, 0) is 54.9 Å². The zero-order chi connectivity index (χ0) is 39.2. The molecule has 1 heterocycles. The van der Waals surface area contributed by atoms with E-state index in [0.717, 1.165) is 49.6 Å². The third kappa shape index (κ3) is 11.0. The molecule has 1 aliphatic heterocycles. The van der Waals surface area contributed by atoms with Crippen molar-refractivity contribution in [2.45, 2.75) is 68.8 Å². The first-order valence-corrected chi connectivity index (χ1v) is 20.2. The van der Waals surface area contributed by atoms with Gasteiger partial charge in [-0.2, -0.15) is 0 Å². The van der Waals surface area contributed by atoms with E-state index in [2.05, 4.69) is 49.4 Å². The van der Waals surface area contributed by atoms with Gasteiger partial charge in [0, 0.05) is 10.6 Å². The lowest BCUT2D eigenvalue weighted by atomic mass is 9.94. The van der Waals surface area contributed by atoms with Crippen LogP contribution in [0.2, 0.25) is 0 Å². The molecule has 0 aromatic heterocycles. The predicted molar refractivity (Wildman–Crippen MR) is 224 cm³/mol. The molecule has 0 aliphatic carbocycles. The predicted octanol–water partition coefficient (Wildman–Crippen LogP) is 10.0. The van der Waals surface area contributed by atoms with E-state index in [0.29, 0.717) is 25.6 Å². The van der Waals surface area contributed by atoms with Crippen LogP contribution in [0.3, 0.4) is 0 Å². The van der Waals surface area contributed by atoms with Crippen LogP contribution in [-0.4, -0.2) is 49.4 Å². The van der Waals surface area contributed by atoms with Crippen LogP contribution in [0.25, 0.3) is 11.1 Å². The van der Waals surface area contributed by atoms with Crippen LogP contribution in [0, 0.1) is 6.92 Å². The highest BCUT2D eigenvalue weighted by atomic mass is 32.2. The molecule has 6 aromatic rings. The fraction of sp³-hybridized carbons (Fsp3) is 0.245. The number of ether oxygens (including phenoxy) is 6. The molecular weight excluding hydrogens is 733 g/mol. The summed E-state index contributed by atoms with van der Waals surface area (Å²) < 4.78 is 38.4. The molecule has 2 unspecified atom stereocenters. The summed E-state index contributed by atoms with van der Waals surface area (Å²) in [5.41, 5.74) is 7.34. The highest BCUT2D eigenvalue weighted by Crippen LogP contribution is 2.36. The summed E-state index contributed by atoms with van der Waals surface area (Å²) in [5, 5.41) is 0. The van der Waals surface area contributed by atoms with Gasteiger partial charge >= 0.3 is 5.97 Å². The van der Waals surface area contributed by atoms with Gasteiger partial charge in [-0.15, -0.1) is 11.8 Å². The highest BCUT2D eigenvalue weighted by molar-refractivity contribution is 7.99. The van der Waals surface area contributed by atoms with Crippen LogP contribution in [0.1, 0.15) is 27.8 Å². The van der Waals surface area contributed by atoms with Gasteiger partial charge in [0.2, 0.25) is 0 Å². The number of hydrogen-bond donors (Lipinski definition) is 0. The number of carbonyl (C=O) groups is 1. The normalized spacial score (nSPS) is 19.2. The molecule has 0 N–H and O–H groups in total. The van der Waals surface area contributed by atoms with Crippen molar-refractivity contribution in [2.24, 2.45) is 0 Å². The first-order chi connectivity index (χ1) is 28.0. The van der Waals surface area contributed by atoms with Gasteiger partial charge in [-0.1, -0.05) is 146 Å². The largest absolute Gasteiger partial charge is 0.489 e. The van der Waals surface area contributed by atoms with E-state index < -0.39 is 36.5 Å². The summed E-state index contributed by atoms with van der Waals surface area (Å²) >= 11 is 1.66. The van der Waals surface area contributed by atoms with E-state index in [9.17, 15) is 4.79 Å². The van der Waals surface area contributed by atoms with Gasteiger partial charge in [-0.25, -0.2) is 4.79 Å². The zero-order valence-electron chi connectivity index (χ0n) is 32.3. The molecule has 57 heavy (non-hydrogen) atoms. The molecule has 0 amide bonds. The molecule has 0 saturated carbocycles. The fourth-order valence-electron chi connectivity index (χ4n) is 6.84. The van der Waals surface area contributed by atoms with Gasteiger partial charge in [-0.05, 0) is 64.1 Å². The topological polar surface area (TPSA) is 72.5 Å². The van der Waals surface area contributed by atoms with Gasteiger partial charge in [0.25, 0.3) is 0 Å². The van der Waals surface area contributed by atoms with Crippen molar-refractivity contribution in [2.75, 3.05) is 12.9 Å². The molecule has 6 aromatic carbocycles. The molecule has 5 atom stereocenters. The summed E-state index contributed by atoms with van der Waals surface area (Å²) in [7, 11) is 1.37. The number of aryl methyl sites for hydroxylation is 1. The second-order valence-corrected chi connectivity index (χ2v) is 15.1. The highest BCUT2D eigenvalue weighted by Gasteiger charge is 2.51. The standard InChI is InChI=1S/C49H48O7S/c1-35-26-27-41(40-24-15-25-42(28-40)52-30-36-16-7-3-8-17-36)29-44(35)57-34-43-45(53-31-37-18-9-4-10-19-37)46(54-32-38-20-11-5-12-21-38)47(48(56-43)49(50)51-2)55-33-39-22-13-6-14-23-39/h3-29,43,45-48H,30-34H2,1-2H3/t43-,45?,46+,47+,48?/m0/s1. The van der Waals surface area contributed by atoms with E-state index in [1.165, 1.54) is 7.11 Å². The van der Waals surface area contributed by atoms with Crippen molar-refractivity contribution in [3.63, 3.8) is 0 Å². The first-order valence-electron chi connectivity index (χ1n) is 19.2. The minimum atomic E-state index is -1.05. The van der Waals surface area contributed by atoms with Crippen molar-refractivity contribution in [3.8, 4) is 16.9 Å². The van der Waals surface area contributed by atoms with Crippen molar-refractivity contribution >= 4 is 17.7 Å². The second-order valence-electron chi connectivity index (χ2n) is 14.0. The number of esters is 1. The number of carbonyl (C=O) groups excluding carboxylic acids is 1. The summed E-state index contributed by atoms with van der Waals surface area (Å²) in [6.07, 6.45) is -3.69. The van der Waals surface area contributed by atoms with E-state index >= 15 is 0 Å². The Morgan fingerprint density at radius 2 is 1.07 bits per heavy atom. The Hall–Kier alpha value is -5.22. The summed E-state index contributed by atoms with van der Waals surface area (Å²) in [6, 6.07) is 54.7. The van der Waals surface area contributed by atoms with Gasteiger partial charge in [0.1, 0.15) is 30.7 Å². The van der Waals surface area contributed by atoms with Gasteiger partial charge in [0.05, 0.1) is 33.0 Å². The molecule has 1 saturated heterocycles. The van der Waals surface area contributed by atoms with E-state index in [4.69, 9.17) is 28.4 Å². The van der Waals surface area contributed by atoms with Gasteiger partial charge in [0.15, 0.2) is 6.10 Å². The Kier molecular flexibility index (Phi) is 14.2. The van der Waals surface area contributed by atoms with Crippen molar-refractivity contribution in [3.05, 3.63) is 192 Å². The number of benzene rings is 6. The number of methoxy groups -OCH3 is 1. The van der Waals surface area contributed by atoms with Crippen molar-refractivity contribution in [1.29, 1.82) is 0 Å². The third-order valence-corrected chi connectivity index (χ3v) is 11.2. The number of rotatable bonds is 17. The summed E-state index contributed by atoms with van der Waals surface area (Å²) in [4.78, 5) is 14.7. The summed E-state index contributed by atoms with van der Waals surface area (Å²) in [6.45, 7) is 3.47. The smallest absolute Gasteiger partial charge is 0.337 e. The maximum Gasteiger partial charge on any atom is 0.337 e. The molecule has 0 bridgehead atoms. The molecule has 0 radical (unpaired) electrons. The average molecular weight is 781 g/mol. The van der Waals surface area contributed by atoms with E-state index in [1.807, 2.05) is 121 Å². The maximum atomic E-state index is 13.6. The Morgan fingerprint density at radius 1 is 0.561 bits per heavy atom. The Morgan fingerprint density at radius 3 is 1.63 bits per heavy atom. The van der Waals surface area contributed by atoms with Crippen molar-refractivity contribution < 1.29 is 33.2 Å². The lowest BCUT2D eigenvalue weighted by molar-refractivity contribution is -0.261. The first kappa shape index (κ1) is 40.0. The minimum Gasteiger partial charge on any atom is -0.489 e. The van der Waals surface area contributed by atoms with Crippen LogP contribution >= 0.6 is 11.8 Å². The molecule has 0 spiro atoms. The lowest BCUT2D eigenvalue weighted by Crippen LogP contribution is -2.62. The van der Waals surface area contributed by atoms with Crippen LogP contribution in [0.15, 0.2) is 169 Å². The molecular formula is C49H48O7S. The maximum absolute atomic E-state index is 13.6. The third-order valence-electron chi connectivity index (χ3n) is 9.93. The molecule has 8 heteroatoms. The SMILES string of the molecule is COC(=O)C1O[C@@H](CSc2cc(-c3cccc(OCc4ccccc4)c3)ccc2C)C(OCc2ccccc2)[C@@H](OCc2ccccc2)[C@H]1OCc1ccccc1. The molecule has 7 nitrogen and oxygen atoms in total. The fourth-order valence-corrected chi connectivity index (χ4v) is 7.96. The van der Waals surface area contributed by atoms with Gasteiger partial charge < -0.3 is 28.4 Å². The Labute approximate surface area is 339 Å². The second kappa shape index (κ2) is 20.3. The van der Waals surface area contributed by atoms with E-state index in [-0.39, 0.29) is 6.61 Å². The zero-order valence-corrected chi connectivity index (χ0v) is 33.1. The van der Waals surface area contributed by atoms with Crippen molar-refractivity contribution in [1.82, 2.24) is 0 Å². The quantitative estimate of drug-likeness (QED) is 0.0670. The monoisotopic (exact) mass is 780 g/mol. The molecule has 1 fully saturated rings. The number of hydrogen-bond acceptors (Lipinski definition) is 8. The number of thioether (sulfide) groups is 1. The van der Waals surface area contributed by atoms with Crippen LogP contribution < -0.4 is 4.74 Å². The Balaban J connectivity index is 1.16. The van der Waals surface area contributed by atoms with Crippen LogP contribution in [0.4, 0.5) is 0 Å².